The van der Waals surface area contributed by atoms with Gasteiger partial charge in [-0.25, -0.2) is 0 Å². The summed E-state index contributed by atoms with van der Waals surface area (Å²) in [6, 6.07) is 15.2. The molecule has 1 amide bonds. The SMILES string of the molecule is CC(C)c1ccc(C(=O)N[C@H]2CC[C@H](Oc3ccc(C#N)c(Cl)c3)CC2)cc1. The fourth-order valence-electron chi connectivity index (χ4n) is 3.47. The number of nitriles is 1. The summed E-state index contributed by atoms with van der Waals surface area (Å²) in [4.78, 5) is 12.5. The van der Waals surface area contributed by atoms with Gasteiger partial charge in [-0.1, -0.05) is 37.6 Å². The van der Waals surface area contributed by atoms with Crippen LogP contribution in [0.4, 0.5) is 0 Å². The fraction of sp³-hybridized carbons (Fsp3) is 0.391. The number of carbonyl (C=O) groups excluding carboxylic acids is 1. The van der Waals surface area contributed by atoms with Gasteiger partial charge >= 0.3 is 0 Å². The number of rotatable bonds is 5. The summed E-state index contributed by atoms with van der Waals surface area (Å²) < 4.78 is 6.00. The van der Waals surface area contributed by atoms with E-state index in [-0.39, 0.29) is 18.1 Å². The largest absolute Gasteiger partial charge is 0.490 e. The predicted octanol–water partition coefficient (Wildman–Crippen LogP) is 5.46. The predicted molar refractivity (Wildman–Crippen MR) is 111 cm³/mol. The van der Waals surface area contributed by atoms with Gasteiger partial charge in [0, 0.05) is 17.7 Å². The lowest BCUT2D eigenvalue weighted by Gasteiger charge is -2.29. The molecule has 1 saturated carbocycles. The normalized spacial score (nSPS) is 19.1. The molecule has 0 atom stereocenters. The Labute approximate surface area is 171 Å². The Balaban J connectivity index is 1.49. The molecule has 0 bridgehead atoms. The van der Waals surface area contributed by atoms with Crippen molar-refractivity contribution in [1.82, 2.24) is 5.32 Å². The maximum absolute atomic E-state index is 12.5. The van der Waals surface area contributed by atoms with Crippen LogP contribution in [0.2, 0.25) is 5.02 Å². The quantitative estimate of drug-likeness (QED) is 0.730. The third kappa shape index (κ3) is 5.05. The Kier molecular flexibility index (Phi) is 6.59. The maximum atomic E-state index is 12.5. The topological polar surface area (TPSA) is 62.1 Å². The highest BCUT2D eigenvalue weighted by Gasteiger charge is 2.24. The Hall–Kier alpha value is -2.51. The zero-order chi connectivity index (χ0) is 20.1. The molecule has 2 aromatic rings. The first kappa shape index (κ1) is 20.2. The Bertz CT molecular complexity index is 863. The lowest BCUT2D eigenvalue weighted by Crippen LogP contribution is -2.39. The first-order chi connectivity index (χ1) is 13.5. The number of benzene rings is 2. The van der Waals surface area contributed by atoms with Crippen LogP contribution in [0.25, 0.3) is 0 Å². The Morgan fingerprint density at radius 1 is 1.14 bits per heavy atom. The van der Waals surface area contributed by atoms with Gasteiger partial charge in [0.25, 0.3) is 5.91 Å². The van der Waals surface area contributed by atoms with E-state index in [1.807, 2.05) is 30.3 Å². The first-order valence-electron chi connectivity index (χ1n) is 9.73. The number of nitrogens with zero attached hydrogens (tertiary/aromatic N) is 1. The molecule has 0 radical (unpaired) electrons. The Morgan fingerprint density at radius 3 is 2.39 bits per heavy atom. The van der Waals surface area contributed by atoms with Gasteiger partial charge in [-0.3, -0.25) is 4.79 Å². The number of amides is 1. The van der Waals surface area contributed by atoms with Crippen LogP contribution < -0.4 is 10.1 Å². The molecule has 146 valence electrons. The molecule has 1 N–H and O–H groups in total. The van der Waals surface area contributed by atoms with Crippen LogP contribution in [0.15, 0.2) is 42.5 Å². The van der Waals surface area contributed by atoms with Crippen LogP contribution in [0.1, 0.15) is 66.9 Å². The minimum atomic E-state index is -0.0152. The second-order valence-electron chi connectivity index (χ2n) is 7.60. The monoisotopic (exact) mass is 396 g/mol. The van der Waals surface area contributed by atoms with Crippen molar-refractivity contribution < 1.29 is 9.53 Å². The number of carbonyl (C=O) groups is 1. The van der Waals surface area contributed by atoms with Crippen LogP contribution in [0, 0.1) is 11.3 Å². The molecule has 5 heteroatoms. The van der Waals surface area contributed by atoms with Crippen LogP contribution in [-0.2, 0) is 0 Å². The molecule has 0 heterocycles. The summed E-state index contributed by atoms with van der Waals surface area (Å²) in [5.41, 5.74) is 2.38. The number of hydrogen-bond acceptors (Lipinski definition) is 3. The Morgan fingerprint density at radius 2 is 1.82 bits per heavy atom. The smallest absolute Gasteiger partial charge is 0.251 e. The minimum absolute atomic E-state index is 0.0152. The lowest BCUT2D eigenvalue weighted by atomic mass is 9.92. The fourth-order valence-corrected chi connectivity index (χ4v) is 3.68. The van der Waals surface area contributed by atoms with Gasteiger partial charge in [-0.15, -0.1) is 0 Å². The second kappa shape index (κ2) is 9.12. The number of ether oxygens (including phenoxy) is 1. The standard InChI is InChI=1S/C23H25ClN2O2/c1-15(2)16-3-5-17(6-4-16)23(27)26-19-8-11-20(12-9-19)28-21-10-7-18(14-25)22(24)13-21/h3-7,10,13,15,19-20H,8-9,11-12H2,1-2H3,(H,26,27)/t19-,20-. The molecule has 0 spiro atoms. The van der Waals surface area contributed by atoms with Gasteiger partial charge in [-0.05, 0) is 61.4 Å². The van der Waals surface area contributed by atoms with Crippen molar-refractivity contribution in [2.45, 2.75) is 57.6 Å². The molecule has 1 aliphatic rings. The highest BCUT2D eigenvalue weighted by Crippen LogP contribution is 2.27. The van der Waals surface area contributed by atoms with E-state index in [9.17, 15) is 4.79 Å². The molecule has 4 nitrogen and oxygen atoms in total. The molecule has 3 rings (SSSR count). The van der Waals surface area contributed by atoms with Gasteiger partial charge in [-0.2, -0.15) is 5.26 Å². The van der Waals surface area contributed by atoms with Gasteiger partial charge in [0.15, 0.2) is 0 Å². The van der Waals surface area contributed by atoms with Crippen molar-refractivity contribution in [1.29, 1.82) is 5.26 Å². The molecule has 0 saturated heterocycles. The van der Waals surface area contributed by atoms with Crippen molar-refractivity contribution in [3.05, 3.63) is 64.2 Å². The van der Waals surface area contributed by atoms with Crippen molar-refractivity contribution >= 4 is 17.5 Å². The van der Waals surface area contributed by atoms with Crippen LogP contribution in [0.5, 0.6) is 5.75 Å². The summed E-state index contributed by atoms with van der Waals surface area (Å²) in [6.45, 7) is 4.28. The average Bonchev–Trinajstić information content (AvgIpc) is 2.69. The molecule has 28 heavy (non-hydrogen) atoms. The van der Waals surface area contributed by atoms with E-state index in [1.54, 1.807) is 18.2 Å². The van der Waals surface area contributed by atoms with E-state index >= 15 is 0 Å². The van der Waals surface area contributed by atoms with E-state index < -0.39 is 0 Å². The zero-order valence-corrected chi connectivity index (χ0v) is 17.0. The van der Waals surface area contributed by atoms with E-state index in [4.69, 9.17) is 21.6 Å². The van der Waals surface area contributed by atoms with Crippen molar-refractivity contribution in [3.8, 4) is 11.8 Å². The van der Waals surface area contributed by atoms with E-state index in [1.165, 1.54) is 5.56 Å². The summed E-state index contributed by atoms with van der Waals surface area (Å²) in [5, 5.41) is 12.5. The number of nitrogens with one attached hydrogen (secondary N) is 1. The summed E-state index contributed by atoms with van der Waals surface area (Å²) in [7, 11) is 0. The summed E-state index contributed by atoms with van der Waals surface area (Å²) in [5.74, 6) is 1.12. The molecular weight excluding hydrogens is 372 g/mol. The summed E-state index contributed by atoms with van der Waals surface area (Å²) >= 11 is 6.06. The van der Waals surface area contributed by atoms with Crippen LogP contribution >= 0.6 is 11.6 Å². The molecule has 1 aliphatic carbocycles. The number of halogens is 1. The lowest BCUT2D eigenvalue weighted by molar-refractivity contribution is 0.0894. The van der Waals surface area contributed by atoms with Crippen molar-refractivity contribution in [3.63, 3.8) is 0 Å². The van der Waals surface area contributed by atoms with Crippen LogP contribution in [0.3, 0.4) is 0 Å². The van der Waals surface area contributed by atoms with Gasteiger partial charge in [0.2, 0.25) is 0 Å². The molecule has 2 aromatic carbocycles. The van der Waals surface area contributed by atoms with Gasteiger partial charge < -0.3 is 10.1 Å². The van der Waals surface area contributed by atoms with E-state index in [0.29, 0.717) is 27.8 Å². The molecule has 1 fully saturated rings. The molecular formula is C23H25ClN2O2. The van der Waals surface area contributed by atoms with Crippen molar-refractivity contribution in [2.24, 2.45) is 0 Å². The third-order valence-corrected chi connectivity index (χ3v) is 5.53. The van der Waals surface area contributed by atoms with Crippen molar-refractivity contribution in [2.75, 3.05) is 0 Å². The van der Waals surface area contributed by atoms with Gasteiger partial charge in [0.1, 0.15) is 11.8 Å². The van der Waals surface area contributed by atoms with Crippen LogP contribution in [-0.4, -0.2) is 18.1 Å². The molecule has 0 aromatic heterocycles. The highest BCUT2D eigenvalue weighted by molar-refractivity contribution is 6.31. The molecule has 0 unspecified atom stereocenters. The summed E-state index contributed by atoms with van der Waals surface area (Å²) in [6.07, 6.45) is 3.60. The minimum Gasteiger partial charge on any atom is -0.490 e. The zero-order valence-electron chi connectivity index (χ0n) is 16.2. The number of hydrogen-bond donors (Lipinski definition) is 1. The highest BCUT2D eigenvalue weighted by atomic mass is 35.5. The average molecular weight is 397 g/mol. The van der Waals surface area contributed by atoms with E-state index in [2.05, 4.69) is 19.2 Å². The molecule has 0 aliphatic heterocycles. The maximum Gasteiger partial charge on any atom is 0.251 e. The van der Waals surface area contributed by atoms with Gasteiger partial charge in [0.05, 0.1) is 16.7 Å². The second-order valence-corrected chi connectivity index (χ2v) is 8.00. The third-order valence-electron chi connectivity index (χ3n) is 5.21. The van der Waals surface area contributed by atoms with E-state index in [0.717, 1.165) is 25.7 Å². The first-order valence-corrected chi connectivity index (χ1v) is 10.1.